The lowest BCUT2D eigenvalue weighted by Gasteiger charge is -2.46. The van der Waals surface area contributed by atoms with Gasteiger partial charge in [-0.15, -0.1) is 0 Å². The van der Waals surface area contributed by atoms with Gasteiger partial charge in [0.2, 0.25) is 17.5 Å². The summed E-state index contributed by atoms with van der Waals surface area (Å²) in [7, 11) is 0. The molecule has 21 nitrogen and oxygen atoms in total. The Bertz CT molecular complexity index is 1800. The molecule has 0 radical (unpaired) electrons. The molecule has 15 atom stereocenters. The number of benzene rings is 2. The maximum Gasteiger partial charge on any atom is 0.238 e. The number of aromatic hydroxyl groups is 3. The highest BCUT2D eigenvalue weighted by Gasteiger charge is 2.52. The van der Waals surface area contributed by atoms with E-state index in [1.54, 1.807) is 0 Å². The molecule has 15 unspecified atom stereocenters. The van der Waals surface area contributed by atoms with Gasteiger partial charge in [-0.05, 0) is 24.3 Å². The van der Waals surface area contributed by atoms with Gasteiger partial charge >= 0.3 is 0 Å². The summed E-state index contributed by atoms with van der Waals surface area (Å²) in [5.74, 6) is -2.37. The Morgan fingerprint density at radius 2 is 1.20 bits per heavy atom. The van der Waals surface area contributed by atoms with E-state index < -0.39 is 134 Å². The van der Waals surface area contributed by atoms with Crippen molar-refractivity contribution < 1.29 is 99.2 Å². The third-order valence-electron chi connectivity index (χ3n) is 9.36. The largest absolute Gasteiger partial charge is 0.508 e. The van der Waals surface area contributed by atoms with Gasteiger partial charge in [0.15, 0.2) is 18.3 Å². The number of aliphatic hydroxyl groups excluding tert-OH is 10. The van der Waals surface area contributed by atoms with Crippen molar-refractivity contribution in [1.29, 1.82) is 0 Å². The van der Waals surface area contributed by atoms with Crippen LogP contribution in [0.4, 0.5) is 0 Å². The first-order chi connectivity index (χ1) is 25.6. The lowest BCUT2D eigenvalue weighted by Crippen LogP contribution is -2.65. The predicted octanol–water partition coefficient (Wildman–Crippen LogP) is -4.60. The van der Waals surface area contributed by atoms with E-state index in [0.717, 1.165) is 12.1 Å². The SMILES string of the molecule is O=c1c(O)c(-c2ccc(O)cc2)oc2cc(OC3OC(COC4OC(CO)C(O)C(O)C4O)C(O)C(OC4OC(CO)C(O)C(O)C4O)C3O)cc(O)c12. The predicted molar refractivity (Wildman–Crippen MR) is 173 cm³/mol. The van der Waals surface area contributed by atoms with Gasteiger partial charge in [0, 0.05) is 17.7 Å². The Kier molecular flexibility index (Phi) is 11.9. The van der Waals surface area contributed by atoms with Gasteiger partial charge in [-0.1, -0.05) is 0 Å². The molecule has 0 spiro atoms. The van der Waals surface area contributed by atoms with Crippen LogP contribution in [0.3, 0.4) is 0 Å². The minimum absolute atomic E-state index is 0.114. The molecule has 4 heterocycles. The topological polar surface area (TPSA) is 349 Å². The summed E-state index contributed by atoms with van der Waals surface area (Å²) >= 11 is 0. The van der Waals surface area contributed by atoms with E-state index in [0.29, 0.717) is 0 Å². The van der Waals surface area contributed by atoms with Gasteiger partial charge < -0.3 is 99.2 Å². The number of phenols is 2. The van der Waals surface area contributed by atoms with Crippen LogP contribution < -0.4 is 10.2 Å². The highest BCUT2D eigenvalue weighted by atomic mass is 16.7. The molecule has 298 valence electrons. The first-order valence-corrected chi connectivity index (χ1v) is 16.5. The molecule has 21 heteroatoms. The van der Waals surface area contributed by atoms with Gasteiger partial charge in [0.25, 0.3) is 0 Å². The molecular weight excluding hydrogens is 732 g/mol. The molecule has 2 aromatic carbocycles. The quantitative estimate of drug-likeness (QED) is 0.0922. The van der Waals surface area contributed by atoms with Crippen LogP contribution in [0.1, 0.15) is 0 Å². The van der Waals surface area contributed by atoms with Gasteiger partial charge in [-0.25, -0.2) is 0 Å². The summed E-state index contributed by atoms with van der Waals surface area (Å²) in [5, 5.41) is 134. The van der Waals surface area contributed by atoms with Gasteiger partial charge in [0.1, 0.15) is 101 Å². The third kappa shape index (κ3) is 7.58. The van der Waals surface area contributed by atoms with Crippen LogP contribution in [-0.2, 0) is 23.7 Å². The molecule has 3 saturated heterocycles. The second-order valence-electron chi connectivity index (χ2n) is 12.9. The fourth-order valence-electron chi connectivity index (χ4n) is 6.30. The Morgan fingerprint density at radius 3 is 1.81 bits per heavy atom. The molecule has 3 aliphatic rings. The number of rotatable bonds is 10. The van der Waals surface area contributed by atoms with Crippen molar-refractivity contribution >= 4 is 11.0 Å². The summed E-state index contributed by atoms with van der Waals surface area (Å²) in [4.78, 5) is 13.1. The maximum atomic E-state index is 13.1. The standard InChI is InChI=1S/C33H40O21/c34-7-15-19(38)23(42)26(45)31(51-15)48-9-17-21(40)30(54-32-27(46)24(43)20(39)16(8-35)52-32)28(47)33(53-17)49-12-5-13(37)18-14(6-12)50-29(25(44)22(18)41)10-1-3-11(36)4-2-10/h1-6,15-17,19-21,23-24,26-28,30-40,42-47H,7-9H2. The molecule has 0 saturated carbocycles. The lowest BCUT2D eigenvalue weighted by atomic mass is 9.96. The number of ether oxygens (including phenoxy) is 6. The van der Waals surface area contributed by atoms with Crippen molar-refractivity contribution in [3.8, 4) is 34.3 Å². The monoisotopic (exact) mass is 772 g/mol. The summed E-state index contributed by atoms with van der Waals surface area (Å²) in [5.41, 5.74) is -1.18. The van der Waals surface area contributed by atoms with Gasteiger partial charge in [-0.2, -0.15) is 0 Å². The molecule has 0 aliphatic carbocycles. The van der Waals surface area contributed by atoms with Crippen molar-refractivity contribution in [2.45, 2.75) is 92.1 Å². The molecule has 3 fully saturated rings. The van der Waals surface area contributed by atoms with E-state index in [2.05, 4.69) is 0 Å². The Balaban J connectivity index is 1.30. The van der Waals surface area contributed by atoms with E-state index in [9.17, 15) is 71.2 Å². The summed E-state index contributed by atoms with van der Waals surface area (Å²) in [6, 6.07) is 7.23. The summed E-state index contributed by atoms with van der Waals surface area (Å²) in [6.07, 6.45) is -26.7. The average molecular weight is 773 g/mol. The van der Waals surface area contributed by atoms with Crippen LogP contribution in [0, 0.1) is 0 Å². The molecule has 54 heavy (non-hydrogen) atoms. The number of hydrogen-bond donors (Lipinski definition) is 13. The van der Waals surface area contributed by atoms with Crippen LogP contribution >= 0.6 is 0 Å². The van der Waals surface area contributed by atoms with E-state index in [4.69, 9.17) is 32.8 Å². The summed E-state index contributed by atoms with van der Waals surface area (Å²) in [6.45, 7) is -2.35. The van der Waals surface area contributed by atoms with Crippen LogP contribution in [-0.4, -0.2) is 178 Å². The van der Waals surface area contributed by atoms with Crippen molar-refractivity contribution in [2.75, 3.05) is 19.8 Å². The molecule has 0 amide bonds. The van der Waals surface area contributed by atoms with E-state index in [1.165, 1.54) is 24.3 Å². The molecule has 0 bridgehead atoms. The number of fused-ring (bicyclic) bond motifs is 1. The minimum Gasteiger partial charge on any atom is -0.508 e. The molecule has 6 rings (SSSR count). The maximum absolute atomic E-state index is 13.1. The zero-order valence-corrected chi connectivity index (χ0v) is 27.8. The fourth-order valence-corrected chi connectivity index (χ4v) is 6.30. The van der Waals surface area contributed by atoms with Crippen molar-refractivity contribution in [3.63, 3.8) is 0 Å². The fraction of sp³-hybridized carbons (Fsp3) is 0.545. The second-order valence-corrected chi connectivity index (χ2v) is 12.9. The van der Waals surface area contributed by atoms with Crippen molar-refractivity contribution in [1.82, 2.24) is 0 Å². The third-order valence-corrected chi connectivity index (χ3v) is 9.36. The lowest BCUT2D eigenvalue weighted by molar-refractivity contribution is -0.358. The minimum atomic E-state index is -2.02. The highest BCUT2D eigenvalue weighted by molar-refractivity contribution is 5.88. The Labute approximate surface area is 303 Å². The van der Waals surface area contributed by atoms with Gasteiger partial charge in [0.05, 0.1) is 19.8 Å². The van der Waals surface area contributed by atoms with Gasteiger partial charge in [-0.3, -0.25) is 4.79 Å². The first kappa shape index (κ1) is 39.9. The van der Waals surface area contributed by atoms with Crippen molar-refractivity contribution in [3.05, 3.63) is 46.6 Å². The molecule has 3 aromatic rings. The molecule has 1 aromatic heterocycles. The molecule has 13 N–H and O–H groups in total. The van der Waals surface area contributed by atoms with Crippen LogP contribution in [0.2, 0.25) is 0 Å². The number of aliphatic hydroxyl groups is 10. The van der Waals surface area contributed by atoms with E-state index in [-0.39, 0.29) is 28.4 Å². The molecule has 3 aliphatic heterocycles. The number of hydrogen-bond acceptors (Lipinski definition) is 21. The Hall–Kier alpha value is -3.75. The zero-order valence-electron chi connectivity index (χ0n) is 27.8. The highest BCUT2D eigenvalue weighted by Crippen LogP contribution is 2.38. The van der Waals surface area contributed by atoms with E-state index in [1.807, 2.05) is 0 Å². The first-order valence-electron chi connectivity index (χ1n) is 16.5. The average Bonchev–Trinajstić information content (AvgIpc) is 3.15. The second kappa shape index (κ2) is 16.2. The smallest absolute Gasteiger partial charge is 0.238 e. The summed E-state index contributed by atoms with van der Waals surface area (Å²) < 4.78 is 39.2. The zero-order chi connectivity index (χ0) is 39.2. The van der Waals surface area contributed by atoms with Crippen LogP contribution in [0.5, 0.6) is 23.0 Å². The Morgan fingerprint density at radius 1 is 0.630 bits per heavy atom. The normalized spacial score (nSPS) is 37.3. The van der Waals surface area contributed by atoms with Crippen LogP contribution in [0.25, 0.3) is 22.3 Å². The van der Waals surface area contributed by atoms with Crippen LogP contribution in [0.15, 0.2) is 45.6 Å². The van der Waals surface area contributed by atoms with Crippen molar-refractivity contribution in [2.24, 2.45) is 0 Å². The number of phenolic OH excluding ortho intramolecular Hbond substituents is 2. The van der Waals surface area contributed by atoms with E-state index >= 15 is 0 Å². The molecular formula is C33H40O21.